The van der Waals surface area contributed by atoms with E-state index in [-0.39, 0.29) is 18.1 Å². The molecule has 4 heteroatoms. The molecule has 0 spiro atoms. The lowest BCUT2D eigenvalue weighted by Crippen LogP contribution is -2.36. The van der Waals surface area contributed by atoms with Crippen LogP contribution >= 0.6 is 11.6 Å². The summed E-state index contributed by atoms with van der Waals surface area (Å²) < 4.78 is 5.38. The molecule has 98 valence electrons. The molecular weight excluding hydrogens is 250 g/mol. The van der Waals surface area contributed by atoms with E-state index in [4.69, 9.17) is 16.3 Å². The maximum atomic E-state index is 12.0. The van der Waals surface area contributed by atoms with Gasteiger partial charge in [-0.05, 0) is 37.0 Å². The third-order valence-electron chi connectivity index (χ3n) is 3.22. The molecule has 2 atom stereocenters. The predicted molar refractivity (Wildman–Crippen MR) is 71.6 cm³/mol. The highest BCUT2D eigenvalue weighted by molar-refractivity contribution is 6.30. The number of hydrogen-bond acceptors (Lipinski definition) is 2. The fourth-order valence-electron chi connectivity index (χ4n) is 2.17. The van der Waals surface area contributed by atoms with Crippen molar-refractivity contribution in [2.45, 2.75) is 38.3 Å². The molecule has 0 saturated carbocycles. The van der Waals surface area contributed by atoms with Crippen LogP contribution in [0.2, 0.25) is 5.02 Å². The highest BCUT2D eigenvalue weighted by Gasteiger charge is 2.25. The smallest absolute Gasteiger partial charge is 0.249 e. The monoisotopic (exact) mass is 267 g/mol. The third-order valence-corrected chi connectivity index (χ3v) is 3.47. The number of benzene rings is 1. The van der Waals surface area contributed by atoms with Crippen LogP contribution in [0.1, 0.15) is 37.8 Å². The zero-order valence-corrected chi connectivity index (χ0v) is 11.2. The van der Waals surface area contributed by atoms with Crippen LogP contribution in [0.4, 0.5) is 0 Å². The molecule has 0 aromatic heterocycles. The highest BCUT2D eigenvalue weighted by Crippen LogP contribution is 2.20. The summed E-state index contributed by atoms with van der Waals surface area (Å²) in [7, 11) is 0. The maximum absolute atomic E-state index is 12.0. The minimum Gasteiger partial charge on any atom is -0.368 e. The van der Waals surface area contributed by atoms with Crippen LogP contribution in [-0.4, -0.2) is 18.6 Å². The molecule has 3 nitrogen and oxygen atoms in total. The van der Waals surface area contributed by atoms with E-state index in [0.717, 1.165) is 24.8 Å². The van der Waals surface area contributed by atoms with Gasteiger partial charge in [0.1, 0.15) is 6.10 Å². The summed E-state index contributed by atoms with van der Waals surface area (Å²) in [6, 6.07) is 7.62. The normalized spacial score (nSPS) is 20.7. The largest absolute Gasteiger partial charge is 0.368 e. The third kappa shape index (κ3) is 3.24. The van der Waals surface area contributed by atoms with Crippen LogP contribution in [0.15, 0.2) is 24.3 Å². The molecule has 1 N–H and O–H groups in total. The molecule has 1 aliphatic rings. The molecule has 0 unspecified atom stereocenters. The molecule has 1 aliphatic heterocycles. The van der Waals surface area contributed by atoms with Gasteiger partial charge in [0.25, 0.3) is 0 Å². The van der Waals surface area contributed by atoms with Crippen molar-refractivity contribution < 1.29 is 9.53 Å². The van der Waals surface area contributed by atoms with E-state index in [2.05, 4.69) is 12.2 Å². The molecule has 1 heterocycles. The fraction of sp³-hybridized carbons (Fsp3) is 0.500. The Labute approximate surface area is 112 Å². The van der Waals surface area contributed by atoms with E-state index >= 15 is 0 Å². The Kier molecular flexibility index (Phi) is 4.61. The van der Waals surface area contributed by atoms with Gasteiger partial charge in [0, 0.05) is 11.6 Å². The van der Waals surface area contributed by atoms with Crippen molar-refractivity contribution in [3.8, 4) is 0 Å². The Morgan fingerprint density at radius 3 is 2.78 bits per heavy atom. The molecule has 18 heavy (non-hydrogen) atoms. The second-order valence-corrected chi connectivity index (χ2v) is 4.96. The number of halogens is 1. The summed E-state index contributed by atoms with van der Waals surface area (Å²) in [6.07, 6.45) is 2.37. The zero-order chi connectivity index (χ0) is 13.0. The lowest BCUT2D eigenvalue weighted by atomic mass is 10.0. The first-order valence-electron chi connectivity index (χ1n) is 6.38. The van der Waals surface area contributed by atoms with Crippen LogP contribution in [-0.2, 0) is 9.53 Å². The number of rotatable bonds is 4. The SMILES string of the molecule is CC[C@H](NC(=O)[C@@H]1CCCO1)c1ccc(Cl)cc1. The first-order valence-corrected chi connectivity index (χ1v) is 6.76. The number of nitrogens with one attached hydrogen (secondary N) is 1. The van der Waals surface area contributed by atoms with Crippen LogP contribution in [0.5, 0.6) is 0 Å². The Balaban J connectivity index is 2.00. The number of hydrogen-bond donors (Lipinski definition) is 1. The minimum atomic E-state index is -0.272. The van der Waals surface area contributed by atoms with Crippen LogP contribution in [0, 0.1) is 0 Å². The molecule has 2 rings (SSSR count). The van der Waals surface area contributed by atoms with Crippen LogP contribution < -0.4 is 5.32 Å². The fourth-order valence-corrected chi connectivity index (χ4v) is 2.29. The van der Waals surface area contributed by atoms with Crippen molar-refractivity contribution >= 4 is 17.5 Å². The van der Waals surface area contributed by atoms with Crippen LogP contribution in [0.3, 0.4) is 0 Å². The minimum absolute atomic E-state index is 0.00528. The lowest BCUT2D eigenvalue weighted by Gasteiger charge is -2.19. The van der Waals surface area contributed by atoms with E-state index in [0.29, 0.717) is 11.6 Å². The quantitative estimate of drug-likeness (QED) is 0.910. The summed E-state index contributed by atoms with van der Waals surface area (Å²) in [6.45, 7) is 2.74. The van der Waals surface area contributed by atoms with Gasteiger partial charge in [-0.2, -0.15) is 0 Å². The van der Waals surface area contributed by atoms with Gasteiger partial charge in [0.15, 0.2) is 0 Å². The second kappa shape index (κ2) is 6.21. The predicted octanol–water partition coefficient (Wildman–Crippen LogP) is 3.09. The maximum Gasteiger partial charge on any atom is 0.249 e. The Hall–Kier alpha value is -1.06. The average molecular weight is 268 g/mol. The summed E-state index contributed by atoms with van der Waals surface area (Å²) in [4.78, 5) is 12.0. The molecule has 1 aromatic carbocycles. The summed E-state index contributed by atoms with van der Waals surface area (Å²) >= 11 is 5.86. The van der Waals surface area contributed by atoms with Crippen molar-refractivity contribution in [1.82, 2.24) is 5.32 Å². The van der Waals surface area contributed by atoms with Gasteiger partial charge in [-0.1, -0.05) is 30.7 Å². The number of carbonyl (C=O) groups excluding carboxylic acids is 1. The molecule has 1 amide bonds. The molecule has 0 bridgehead atoms. The van der Waals surface area contributed by atoms with Gasteiger partial charge in [-0.25, -0.2) is 0 Å². The highest BCUT2D eigenvalue weighted by atomic mass is 35.5. The van der Waals surface area contributed by atoms with E-state index in [1.807, 2.05) is 24.3 Å². The first-order chi connectivity index (χ1) is 8.70. The lowest BCUT2D eigenvalue weighted by molar-refractivity contribution is -0.130. The standard InChI is InChI=1S/C14H18ClNO2/c1-2-12(10-5-7-11(15)8-6-10)16-14(17)13-4-3-9-18-13/h5-8,12-13H,2-4,9H2,1H3,(H,16,17)/t12-,13-/m0/s1. The van der Waals surface area contributed by atoms with E-state index in [1.165, 1.54) is 0 Å². The second-order valence-electron chi connectivity index (χ2n) is 4.52. The van der Waals surface area contributed by atoms with Gasteiger partial charge in [0.05, 0.1) is 6.04 Å². The Morgan fingerprint density at radius 2 is 2.22 bits per heavy atom. The zero-order valence-electron chi connectivity index (χ0n) is 10.5. The number of amides is 1. The van der Waals surface area contributed by atoms with Gasteiger partial charge in [-0.15, -0.1) is 0 Å². The summed E-state index contributed by atoms with van der Waals surface area (Å²) in [5.74, 6) is -0.00528. The van der Waals surface area contributed by atoms with Crippen molar-refractivity contribution in [2.75, 3.05) is 6.61 Å². The van der Waals surface area contributed by atoms with Crippen molar-refractivity contribution in [2.24, 2.45) is 0 Å². The van der Waals surface area contributed by atoms with Crippen LogP contribution in [0.25, 0.3) is 0 Å². The molecular formula is C14H18ClNO2. The first kappa shape index (κ1) is 13.4. The van der Waals surface area contributed by atoms with Crippen molar-refractivity contribution in [3.05, 3.63) is 34.9 Å². The Morgan fingerprint density at radius 1 is 1.50 bits per heavy atom. The molecule has 0 radical (unpaired) electrons. The van der Waals surface area contributed by atoms with Gasteiger partial charge in [0.2, 0.25) is 5.91 Å². The number of ether oxygens (including phenoxy) is 1. The topological polar surface area (TPSA) is 38.3 Å². The van der Waals surface area contributed by atoms with Gasteiger partial charge >= 0.3 is 0 Å². The number of carbonyl (C=O) groups is 1. The van der Waals surface area contributed by atoms with Crippen molar-refractivity contribution in [1.29, 1.82) is 0 Å². The molecule has 1 saturated heterocycles. The van der Waals surface area contributed by atoms with Gasteiger partial charge in [-0.3, -0.25) is 4.79 Å². The Bertz CT molecular complexity index is 399. The summed E-state index contributed by atoms with van der Waals surface area (Å²) in [5, 5.41) is 3.74. The van der Waals surface area contributed by atoms with E-state index in [1.54, 1.807) is 0 Å². The molecule has 1 fully saturated rings. The average Bonchev–Trinajstić information content (AvgIpc) is 2.91. The van der Waals surface area contributed by atoms with Gasteiger partial charge < -0.3 is 10.1 Å². The molecule has 1 aromatic rings. The van der Waals surface area contributed by atoms with E-state index in [9.17, 15) is 4.79 Å². The van der Waals surface area contributed by atoms with Crippen molar-refractivity contribution in [3.63, 3.8) is 0 Å². The molecule has 0 aliphatic carbocycles. The summed E-state index contributed by atoms with van der Waals surface area (Å²) in [5.41, 5.74) is 1.08. The van der Waals surface area contributed by atoms with E-state index < -0.39 is 0 Å².